The van der Waals surface area contributed by atoms with Gasteiger partial charge in [-0.1, -0.05) is 91.0 Å². The minimum atomic E-state index is -2.26. The molecular formula is C24H26N2O5. The molecule has 0 radical (unpaired) electrons. The Labute approximate surface area is 180 Å². The Morgan fingerprint density at radius 2 is 1.26 bits per heavy atom. The van der Waals surface area contributed by atoms with Crippen molar-refractivity contribution in [1.29, 1.82) is 0 Å². The van der Waals surface area contributed by atoms with Gasteiger partial charge in [0.2, 0.25) is 0 Å². The average Bonchev–Trinajstić information content (AvgIpc) is 3.06. The number of hydrogen-bond donors (Lipinski definition) is 5. The average molecular weight is 422 g/mol. The highest BCUT2D eigenvalue weighted by molar-refractivity contribution is 5.47. The van der Waals surface area contributed by atoms with Gasteiger partial charge >= 0.3 is 0 Å². The molecular weight excluding hydrogens is 396 g/mol. The highest BCUT2D eigenvalue weighted by Crippen LogP contribution is 2.41. The molecule has 1 fully saturated rings. The number of hydrogen-bond acceptors (Lipinski definition) is 7. The minimum Gasteiger partial charge on any atom is -0.387 e. The molecule has 6 N–H and O–H groups in total. The summed E-state index contributed by atoms with van der Waals surface area (Å²) in [6, 6.07) is 29.2. The lowest BCUT2D eigenvalue weighted by Crippen LogP contribution is -2.57. The van der Waals surface area contributed by atoms with E-state index in [9.17, 15) is 15.3 Å². The standard InChI is InChI=1S/C24H26N2O5/c25-26-24(29)22(28)21(27)20(31-24)16-30-23(17-10-4-1-5-11-17,18-12-6-2-7-13-18)19-14-8-3-9-15-19/h1-15,20-22,26-29H,16,25H2/t20-,21-,22-,24?/m1/s1. The van der Waals surface area contributed by atoms with Gasteiger partial charge in [-0.05, 0) is 16.7 Å². The number of benzene rings is 3. The first kappa shape index (κ1) is 21.6. The third kappa shape index (κ3) is 3.88. The number of hydrazine groups is 1. The predicted molar refractivity (Wildman–Crippen MR) is 114 cm³/mol. The van der Waals surface area contributed by atoms with Crippen LogP contribution in [0.3, 0.4) is 0 Å². The van der Waals surface area contributed by atoms with Crippen LogP contribution in [0.4, 0.5) is 0 Å². The van der Waals surface area contributed by atoms with Gasteiger partial charge in [-0.3, -0.25) is 5.84 Å². The van der Waals surface area contributed by atoms with E-state index in [1.807, 2.05) is 96.4 Å². The monoisotopic (exact) mass is 422 g/mol. The van der Waals surface area contributed by atoms with Crippen LogP contribution in [0.5, 0.6) is 0 Å². The SMILES string of the molecule is NNC1(O)O[C@H](COC(c2ccccc2)(c2ccccc2)c2ccccc2)[C@@H](O)[C@H]1O. The number of nitrogens with one attached hydrogen (secondary N) is 1. The van der Waals surface area contributed by atoms with Gasteiger partial charge in [0.1, 0.15) is 17.8 Å². The van der Waals surface area contributed by atoms with E-state index in [0.29, 0.717) is 0 Å². The summed E-state index contributed by atoms with van der Waals surface area (Å²) in [6.45, 7) is -0.124. The van der Waals surface area contributed by atoms with E-state index in [0.717, 1.165) is 16.7 Å². The van der Waals surface area contributed by atoms with Crippen LogP contribution in [0.2, 0.25) is 0 Å². The molecule has 0 aromatic heterocycles. The second kappa shape index (κ2) is 8.86. The van der Waals surface area contributed by atoms with Crippen LogP contribution in [-0.2, 0) is 15.1 Å². The number of nitrogens with two attached hydrogens (primary N) is 1. The highest BCUT2D eigenvalue weighted by Gasteiger charge is 2.54. The predicted octanol–water partition coefficient (Wildman–Crippen LogP) is 1.23. The molecule has 0 aliphatic carbocycles. The molecule has 162 valence electrons. The van der Waals surface area contributed by atoms with Crippen LogP contribution in [-0.4, -0.2) is 46.1 Å². The molecule has 1 aliphatic heterocycles. The molecule has 7 heteroatoms. The summed E-state index contributed by atoms with van der Waals surface area (Å²) in [5.74, 6) is 3.04. The maximum Gasteiger partial charge on any atom is 0.268 e. The fourth-order valence-corrected chi connectivity index (χ4v) is 4.03. The molecule has 0 amide bonds. The number of aliphatic hydroxyl groups is 3. The van der Waals surface area contributed by atoms with E-state index >= 15 is 0 Å². The first-order chi connectivity index (χ1) is 15.0. The van der Waals surface area contributed by atoms with Crippen molar-refractivity contribution in [3.63, 3.8) is 0 Å². The Hall–Kier alpha value is -2.62. The van der Waals surface area contributed by atoms with Gasteiger partial charge in [0.25, 0.3) is 5.91 Å². The molecule has 31 heavy (non-hydrogen) atoms. The van der Waals surface area contributed by atoms with Crippen molar-refractivity contribution in [3.05, 3.63) is 108 Å². The lowest BCUT2D eigenvalue weighted by molar-refractivity contribution is -0.253. The summed E-state index contributed by atoms with van der Waals surface area (Å²) in [4.78, 5) is 0. The van der Waals surface area contributed by atoms with E-state index in [2.05, 4.69) is 0 Å². The normalized spacial score (nSPS) is 26.1. The van der Waals surface area contributed by atoms with Crippen LogP contribution in [0, 0.1) is 0 Å². The van der Waals surface area contributed by atoms with Crippen LogP contribution >= 0.6 is 0 Å². The number of ether oxygens (including phenoxy) is 2. The smallest absolute Gasteiger partial charge is 0.268 e. The Morgan fingerprint density at radius 3 is 1.61 bits per heavy atom. The second-order valence-electron chi connectivity index (χ2n) is 7.52. The first-order valence-corrected chi connectivity index (χ1v) is 10.1. The first-order valence-electron chi connectivity index (χ1n) is 10.1. The van der Waals surface area contributed by atoms with Crippen molar-refractivity contribution in [2.75, 3.05) is 6.61 Å². The van der Waals surface area contributed by atoms with Crippen molar-refractivity contribution >= 4 is 0 Å². The topological polar surface area (TPSA) is 117 Å². The fourth-order valence-electron chi connectivity index (χ4n) is 4.03. The van der Waals surface area contributed by atoms with E-state index in [1.54, 1.807) is 0 Å². The largest absolute Gasteiger partial charge is 0.387 e. The van der Waals surface area contributed by atoms with Gasteiger partial charge in [-0.2, -0.15) is 0 Å². The molecule has 3 aromatic carbocycles. The molecule has 1 saturated heterocycles. The molecule has 0 saturated carbocycles. The summed E-state index contributed by atoms with van der Waals surface area (Å²) in [6.07, 6.45) is -4.06. The zero-order valence-corrected chi connectivity index (χ0v) is 16.8. The van der Waals surface area contributed by atoms with Gasteiger partial charge in [0.15, 0.2) is 6.10 Å². The molecule has 0 bridgehead atoms. The van der Waals surface area contributed by atoms with E-state index < -0.39 is 29.8 Å². The van der Waals surface area contributed by atoms with Gasteiger partial charge in [0, 0.05) is 0 Å². The summed E-state index contributed by atoms with van der Waals surface area (Å²) in [5, 5.41) is 30.8. The second-order valence-corrected chi connectivity index (χ2v) is 7.52. The van der Waals surface area contributed by atoms with Crippen LogP contribution in [0.15, 0.2) is 91.0 Å². The lowest BCUT2D eigenvalue weighted by atomic mass is 9.80. The molecule has 4 rings (SSSR count). The minimum absolute atomic E-state index is 0.124. The molecule has 0 spiro atoms. The molecule has 4 atom stereocenters. The summed E-state index contributed by atoms with van der Waals surface area (Å²) < 4.78 is 12.0. The zero-order chi connectivity index (χ0) is 21.9. The molecule has 7 nitrogen and oxygen atoms in total. The Balaban J connectivity index is 1.78. The van der Waals surface area contributed by atoms with E-state index in [4.69, 9.17) is 15.3 Å². The molecule has 3 aromatic rings. The maximum atomic E-state index is 10.4. The third-order valence-corrected chi connectivity index (χ3v) is 5.65. The van der Waals surface area contributed by atoms with Crippen LogP contribution < -0.4 is 11.3 Å². The quantitative estimate of drug-likeness (QED) is 0.168. The van der Waals surface area contributed by atoms with Crippen LogP contribution in [0.1, 0.15) is 16.7 Å². The van der Waals surface area contributed by atoms with E-state index in [1.165, 1.54) is 0 Å². The summed E-state index contributed by atoms with van der Waals surface area (Å²) in [7, 11) is 0. The van der Waals surface area contributed by atoms with Gasteiger partial charge < -0.3 is 24.8 Å². The Bertz CT molecular complexity index is 876. The van der Waals surface area contributed by atoms with Gasteiger partial charge in [-0.15, -0.1) is 0 Å². The van der Waals surface area contributed by atoms with Crippen molar-refractivity contribution in [2.24, 2.45) is 5.84 Å². The highest BCUT2D eigenvalue weighted by atomic mass is 16.7. The zero-order valence-electron chi connectivity index (χ0n) is 16.8. The van der Waals surface area contributed by atoms with Crippen LogP contribution in [0.25, 0.3) is 0 Å². The fraction of sp³-hybridized carbons (Fsp3) is 0.250. The number of aliphatic hydroxyl groups excluding tert-OH is 2. The van der Waals surface area contributed by atoms with Gasteiger partial charge in [-0.25, -0.2) is 5.43 Å². The van der Waals surface area contributed by atoms with Crippen molar-refractivity contribution in [2.45, 2.75) is 29.8 Å². The van der Waals surface area contributed by atoms with Gasteiger partial charge in [0.05, 0.1) is 6.61 Å². The maximum absolute atomic E-state index is 10.4. The van der Waals surface area contributed by atoms with Crippen molar-refractivity contribution < 1.29 is 24.8 Å². The van der Waals surface area contributed by atoms with Crippen molar-refractivity contribution in [1.82, 2.24) is 5.43 Å². The summed E-state index contributed by atoms with van der Waals surface area (Å²) in [5.41, 5.74) is 3.64. The Kier molecular flexibility index (Phi) is 6.17. The number of rotatable bonds is 7. The van der Waals surface area contributed by atoms with E-state index in [-0.39, 0.29) is 6.61 Å². The Morgan fingerprint density at radius 1 is 0.839 bits per heavy atom. The molecule has 1 unspecified atom stereocenters. The summed E-state index contributed by atoms with van der Waals surface area (Å²) >= 11 is 0. The molecule has 1 aliphatic rings. The lowest BCUT2D eigenvalue weighted by Gasteiger charge is -2.37. The third-order valence-electron chi connectivity index (χ3n) is 5.65. The molecule has 1 heterocycles. The van der Waals surface area contributed by atoms with Crippen molar-refractivity contribution in [3.8, 4) is 0 Å².